The fourth-order valence-electron chi connectivity index (χ4n) is 3.26. The second-order valence-corrected chi connectivity index (χ2v) is 10.1. The molecule has 0 aliphatic heterocycles. The molecule has 0 radical (unpaired) electrons. The van der Waals surface area contributed by atoms with Gasteiger partial charge in [0.15, 0.2) is 0 Å². The van der Waals surface area contributed by atoms with Crippen LogP contribution in [0.4, 0.5) is 5.69 Å². The summed E-state index contributed by atoms with van der Waals surface area (Å²) in [5.41, 5.74) is 2.32. The Labute approximate surface area is 205 Å². The van der Waals surface area contributed by atoms with Crippen molar-refractivity contribution < 1.29 is 18.3 Å². The molecule has 0 unspecified atom stereocenters. The number of amides is 1. The monoisotopic (exact) mass is 501 g/mol. The van der Waals surface area contributed by atoms with E-state index < -0.39 is 22.0 Å². The number of halogens is 1. The van der Waals surface area contributed by atoms with Gasteiger partial charge in [0.2, 0.25) is 5.91 Å². The third-order valence-electron chi connectivity index (χ3n) is 5.13. The molecule has 0 fully saturated rings. The predicted octanol–water partition coefficient (Wildman–Crippen LogP) is 3.51. The van der Waals surface area contributed by atoms with Crippen LogP contribution in [0.5, 0.6) is 0 Å². The van der Waals surface area contributed by atoms with Crippen LogP contribution in [0.1, 0.15) is 24.2 Å². The molecule has 0 saturated carbocycles. The van der Waals surface area contributed by atoms with E-state index in [0.717, 1.165) is 11.3 Å². The quantitative estimate of drug-likeness (QED) is 0.320. The maximum absolute atomic E-state index is 12.3. The van der Waals surface area contributed by atoms with Gasteiger partial charge in [-0.1, -0.05) is 54.1 Å². The molecule has 4 N–H and O–H groups in total. The highest BCUT2D eigenvalue weighted by molar-refractivity contribution is 7.90. The summed E-state index contributed by atoms with van der Waals surface area (Å²) in [6.07, 6.45) is -0.705. The highest BCUT2D eigenvalue weighted by Gasteiger charge is 2.17. The molecule has 1 amide bonds. The zero-order chi connectivity index (χ0) is 24.6. The Balaban J connectivity index is 1.43. The van der Waals surface area contributed by atoms with Crippen molar-refractivity contribution in [2.75, 3.05) is 18.4 Å². The number of carbonyl (C=O) groups excluding carboxylic acids is 1. The maximum atomic E-state index is 12.3. The number of hydrogen-bond acceptors (Lipinski definition) is 6. The van der Waals surface area contributed by atoms with Gasteiger partial charge in [0, 0.05) is 29.8 Å². The summed E-state index contributed by atoms with van der Waals surface area (Å²) in [5, 5.41) is 17.5. The van der Waals surface area contributed by atoms with Gasteiger partial charge in [0.1, 0.15) is 0 Å². The van der Waals surface area contributed by atoms with E-state index in [9.17, 15) is 18.3 Å². The molecule has 0 bridgehead atoms. The van der Waals surface area contributed by atoms with Crippen LogP contribution in [-0.4, -0.2) is 38.6 Å². The first-order valence-electron chi connectivity index (χ1n) is 10.8. The van der Waals surface area contributed by atoms with Crippen molar-refractivity contribution in [2.24, 2.45) is 0 Å². The maximum Gasteiger partial charge on any atom is 0.264 e. The molecule has 0 aromatic heterocycles. The van der Waals surface area contributed by atoms with E-state index in [2.05, 4.69) is 15.4 Å². The number of nitrogens with one attached hydrogen (secondary N) is 3. The van der Waals surface area contributed by atoms with E-state index in [-0.39, 0.29) is 17.4 Å². The molecular formula is C25H28ClN3O4S. The minimum Gasteiger partial charge on any atom is -0.387 e. The lowest BCUT2D eigenvalue weighted by Gasteiger charge is -2.18. The Morgan fingerprint density at radius 3 is 2.35 bits per heavy atom. The third kappa shape index (κ3) is 7.85. The van der Waals surface area contributed by atoms with Crippen LogP contribution < -0.4 is 15.4 Å². The summed E-state index contributed by atoms with van der Waals surface area (Å²) in [5.74, 6) is -0.597. The van der Waals surface area contributed by atoms with Crippen molar-refractivity contribution in [3.8, 4) is 0 Å². The Hall–Kier alpha value is -2.91. The summed E-state index contributed by atoms with van der Waals surface area (Å²) in [4.78, 5) is 12.3. The Morgan fingerprint density at radius 1 is 0.971 bits per heavy atom. The van der Waals surface area contributed by atoms with Crippen LogP contribution >= 0.6 is 11.6 Å². The van der Waals surface area contributed by atoms with Crippen molar-refractivity contribution in [1.29, 1.82) is 0 Å². The van der Waals surface area contributed by atoms with Crippen LogP contribution in [0.25, 0.3) is 0 Å². The summed E-state index contributed by atoms with van der Waals surface area (Å²) in [7, 11) is -3.88. The van der Waals surface area contributed by atoms with Gasteiger partial charge in [-0.05, 0) is 54.4 Å². The van der Waals surface area contributed by atoms with Gasteiger partial charge >= 0.3 is 0 Å². The van der Waals surface area contributed by atoms with Crippen molar-refractivity contribution >= 4 is 33.2 Å². The SMILES string of the molecule is C[C@H](CNc1ccc(CC(=O)NS(=O)(=O)c2ccccc2)cc1)NC[C@H](O)c1cccc(Cl)c1. The molecule has 3 aromatic carbocycles. The zero-order valence-corrected chi connectivity index (χ0v) is 20.3. The van der Waals surface area contributed by atoms with E-state index in [1.54, 1.807) is 48.5 Å². The molecule has 0 saturated heterocycles. The van der Waals surface area contributed by atoms with Gasteiger partial charge in [-0.3, -0.25) is 4.79 Å². The van der Waals surface area contributed by atoms with Gasteiger partial charge in [-0.2, -0.15) is 0 Å². The van der Waals surface area contributed by atoms with Gasteiger partial charge in [0.25, 0.3) is 10.0 Å². The van der Waals surface area contributed by atoms with Gasteiger partial charge < -0.3 is 15.7 Å². The molecule has 0 heterocycles. The van der Waals surface area contributed by atoms with Crippen molar-refractivity contribution in [3.63, 3.8) is 0 Å². The number of carbonyl (C=O) groups is 1. The minimum absolute atomic E-state index is 0.0470. The molecule has 34 heavy (non-hydrogen) atoms. The average molecular weight is 502 g/mol. The highest BCUT2D eigenvalue weighted by atomic mass is 35.5. The van der Waals surface area contributed by atoms with Gasteiger partial charge in [-0.15, -0.1) is 0 Å². The van der Waals surface area contributed by atoms with Crippen LogP contribution in [0.15, 0.2) is 83.8 Å². The van der Waals surface area contributed by atoms with Crippen molar-refractivity contribution in [3.05, 3.63) is 95.0 Å². The van der Waals surface area contributed by atoms with Crippen LogP contribution in [0.2, 0.25) is 5.02 Å². The average Bonchev–Trinajstić information content (AvgIpc) is 2.82. The topological polar surface area (TPSA) is 108 Å². The molecule has 9 heteroatoms. The summed E-state index contributed by atoms with van der Waals surface area (Å²) >= 11 is 5.97. The number of anilines is 1. The fraction of sp³-hybridized carbons (Fsp3) is 0.240. The molecule has 7 nitrogen and oxygen atoms in total. The molecule has 2 atom stereocenters. The van der Waals surface area contributed by atoms with Gasteiger partial charge in [-0.25, -0.2) is 13.1 Å². The van der Waals surface area contributed by atoms with Crippen LogP contribution in [0, 0.1) is 0 Å². The lowest BCUT2D eigenvalue weighted by molar-refractivity contribution is -0.118. The number of rotatable bonds is 11. The van der Waals surface area contributed by atoms with Crippen LogP contribution in [0.3, 0.4) is 0 Å². The lowest BCUT2D eigenvalue weighted by atomic mass is 10.1. The zero-order valence-electron chi connectivity index (χ0n) is 18.7. The Kier molecular flexibility index (Phi) is 9.06. The predicted molar refractivity (Wildman–Crippen MR) is 134 cm³/mol. The third-order valence-corrected chi connectivity index (χ3v) is 6.75. The number of hydrogen-bond donors (Lipinski definition) is 4. The summed E-state index contributed by atoms with van der Waals surface area (Å²) in [6.45, 7) is 3.02. The molecular weight excluding hydrogens is 474 g/mol. The van der Waals surface area contributed by atoms with E-state index in [4.69, 9.17) is 11.6 Å². The first-order chi connectivity index (χ1) is 16.2. The number of aliphatic hydroxyl groups excluding tert-OH is 1. The molecule has 0 spiro atoms. The molecule has 3 aromatic rings. The minimum atomic E-state index is -3.88. The van der Waals surface area contributed by atoms with E-state index in [0.29, 0.717) is 23.7 Å². The second-order valence-electron chi connectivity index (χ2n) is 7.98. The summed E-state index contributed by atoms with van der Waals surface area (Å²) in [6, 6.07) is 22.2. The van der Waals surface area contributed by atoms with E-state index in [1.807, 2.05) is 25.1 Å². The van der Waals surface area contributed by atoms with Crippen molar-refractivity contribution in [2.45, 2.75) is 30.4 Å². The largest absolute Gasteiger partial charge is 0.387 e. The smallest absolute Gasteiger partial charge is 0.264 e. The summed E-state index contributed by atoms with van der Waals surface area (Å²) < 4.78 is 26.6. The standard InChI is InChI=1S/C25H28ClN3O4S/c1-18(27-17-24(30)20-6-5-7-21(26)15-20)16-28-22-12-10-19(11-13-22)14-25(31)29-34(32,33)23-8-3-2-4-9-23/h2-13,15,18,24,27-28,30H,14,16-17H2,1H3,(H,29,31)/t18-,24+/m1/s1. The first-order valence-corrected chi connectivity index (χ1v) is 12.7. The number of benzene rings is 3. The van der Waals surface area contributed by atoms with Crippen LogP contribution in [-0.2, 0) is 21.2 Å². The van der Waals surface area contributed by atoms with Gasteiger partial charge in [0.05, 0.1) is 17.4 Å². The Bertz CT molecular complexity index is 1190. The number of sulfonamides is 1. The Morgan fingerprint density at radius 2 is 1.68 bits per heavy atom. The first kappa shape index (κ1) is 25.7. The lowest BCUT2D eigenvalue weighted by Crippen LogP contribution is -2.35. The number of aliphatic hydroxyl groups is 1. The second kappa shape index (κ2) is 12.0. The normalized spacial score (nSPS) is 13.1. The molecule has 0 aliphatic rings. The van der Waals surface area contributed by atoms with E-state index >= 15 is 0 Å². The van der Waals surface area contributed by atoms with E-state index in [1.165, 1.54) is 12.1 Å². The molecule has 180 valence electrons. The van der Waals surface area contributed by atoms with Crippen molar-refractivity contribution in [1.82, 2.24) is 10.0 Å². The fourth-order valence-corrected chi connectivity index (χ4v) is 4.46. The molecule has 0 aliphatic carbocycles. The highest BCUT2D eigenvalue weighted by Crippen LogP contribution is 2.17. The molecule has 3 rings (SSSR count).